The Morgan fingerprint density at radius 1 is 1.44 bits per heavy atom. The Balaban J connectivity index is 2.52. The van der Waals surface area contributed by atoms with Crippen LogP contribution in [0.15, 0.2) is 34.0 Å². The van der Waals surface area contributed by atoms with Crippen molar-refractivity contribution in [2.24, 2.45) is 5.73 Å². The molecule has 0 spiro atoms. The highest BCUT2D eigenvalue weighted by molar-refractivity contribution is 14.1. The van der Waals surface area contributed by atoms with Gasteiger partial charge >= 0.3 is 0 Å². The molecule has 0 fully saturated rings. The fourth-order valence-electron chi connectivity index (χ4n) is 1.02. The number of rotatable bonds is 4. The van der Waals surface area contributed by atoms with Crippen LogP contribution in [0.3, 0.4) is 0 Å². The summed E-state index contributed by atoms with van der Waals surface area (Å²) >= 11 is 1.95. The lowest BCUT2D eigenvalue weighted by atomic mass is 10.2. The van der Waals surface area contributed by atoms with Crippen molar-refractivity contribution in [3.63, 3.8) is 0 Å². The molecule has 1 aromatic carbocycles. The van der Waals surface area contributed by atoms with E-state index in [0.717, 1.165) is 11.3 Å². The van der Waals surface area contributed by atoms with E-state index in [1.807, 2.05) is 46.9 Å². The summed E-state index contributed by atoms with van der Waals surface area (Å²) in [5.41, 5.74) is 6.25. The van der Waals surface area contributed by atoms with Crippen molar-refractivity contribution in [1.29, 1.82) is 5.41 Å². The quantitative estimate of drug-likeness (QED) is 0.505. The molecule has 1 rings (SSSR count). The van der Waals surface area contributed by atoms with Gasteiger partial charge in [-0.2, -0.15) is 0 Å². The fourth-order valence-corrected chi connectivity index (χ4v) is 1.18. The molecule has 0 saturated heterocycles. The van der Waals surface area contributed by atoms with Crippen LogP contribution in [0, 0.1) is 5.41 Å². The first kappa shape index (κ1) is 12.8. The van der Waals surface area contributed by atoms with Crippen LogP contribution in [0.25, 0.3) is 0 Å². The van der Waals surface area contributed by atoms with Gasteiger partial charge in [0.2, 0.25) is 5.90 Å². The topological polar surface area (TPSA) is 68.3 Å². The van der Waals surface area contributed by atoms with Crippen molar-refractivity contribution in [2.45, 2.75) is 6.61 Å². The second-order valence-electron chi connectivity index (χ2n) is 2.98. The predicted octanol–water partition coefficient (Wildman–Crippen LogP) is 2.42. The van der Waals surface area contributed by atoms with Gasteiger partial charge in [-0.3, -0.25) is 5.41 Å². The lowest BCUT2D eigenvalue weighted by Crippen LogP contribution is -2.04. The van der Waals surface area contributed by atoms with Crippen molar-refractivity contribution in [1.82, 2.24) is 0 Å². The van der Waals surface area contributed by atoms with E-state index >= 15 is 0 Å². The van der Waals surface area contributed by atoms with Crippen LogP contribution >= 0.6 is 22.6 Å². The van der Waals surface area contributed by atoms with Crippen molar-refractivity contribution in [3.8, 4) is 5.75 Å². The number of methoxy groups -OCH3 is 1. The molecule has 5 heteroatoms. The summed E-state index contributed by atoms with van der Waals surface area (Å²) < 4.78 is 10.9. The Morgan fingerprint density at radius 2 is 2.06 bits per heavy atom. The minimum atomic E-state index is 0.0823. The van der Waals surface area contributed by atoms with Gasteiger partial charge in [0.25, 0.3) is 0 Å². The van der Waals surface area contributed by atoms with Gasteiger partial charge < -0.3 is 15.2 Å². The van der Waals surface area contributed by atoms with Gasteiger partial charge in [-0.25, -0.2) is 0 Å². The zero-order valence-corrected chi connectivity index (χ0v) is 11.0. The summed E-state index contributed by atoms with van der Waals surface area (Å²) in [6.45, 7) is 0.350. The van der Waals surface area contributed by atoms with Gasteiger partial charge in [0.1, 0.15) is 12.4 Å². The molecule has 3 N–H and O–H groups in total. The molecule has 0 unspecified atom stereocenters. The summed E-state index contributed by atoms with van der Waals surface area (Å²) in [5.74, 6) is 0.883. The van der Waals surface area contributed by atoms with Gasteiger partial charge in [-0.1, -0.05) is 12.1 Å². The van der Waals surface area contributed by atoms with Gasteiger partial charge in [-0.05, 0) is 40.3 Å². The number of ether oxygens (including phenoxy) is 2. The third-order valence-electron chi connectivity index (χ3n) is 1.91. The number of benzene rings is 1. The first-order valence-corrected chi connectivity index (χ1v) is 5.67. The number of hydrogen-bond acceptors (Lipinski definition) is 4. The lowest BCUT2D eigenvalue weighted by Gasteiger charge is -2.07. The molecular weight excluding hydrogens is 319 g/mol. The number of nitrogens with one attached hydrogen (secondary N) is 1. The van der Waals surface area contributed by atoms with E-state index in [1.54, 1.807) is 7.11 Å². The summed E-state index contributed by atoms with van der Waals surface area (Å²) in [5, 5.41) is 7.52. The Kier molecular flexibility index (Phi) is 5.10. The lowest BCUT2D eigenvalue weighted by molar-refractivity contribution is 0.292. The molecule has 16 heavy (non-hydrogen) atoms. The molecule has 0 aliphatic carbocycles. The molecule has 0 amide bonds. The molecule has 86 valence electrons. The maximum absolute atomic E-state index is 7.52. The predicted molar refractivity (Wildman–Crippen MR) is 71.8 cm³/mol. The van der Waals surface area contributed by atoms with E-state index < -0.39 is 0 Å². The largest absolute Gasteiger partial charge is 0.497 e. The zero-order chi connectivity index (χ0) is 12.0. The second-order valence-corrected chi connectivity index (χ2v) is 4.14. The highest BCUT2D eigenvalue weighted by atomic mass is 127. The monoisotopic (exact) mass is 332 g/mol. The minimum absolute atomic E-state index is 0.0823. The van der Waals surface area contributed by atoms with E-state index in [-0.39, 0.29) is 5.90 Å². The second kappa shape index (κ2) is 6.37. The summed E-state index contributed by atoms with van der Waals surface area (Å²) in [6.07, 6.45) is 1.34. The first-order valence-electron chi connectivity index (χ1n) is 4.59. The molecule has 0 aliphatic heterocycles. The van der Waals surface area contributed by atoms with Crippen LogP contribution in [0.5, 0.6) is 5.75 Å². The van der Waals surface area contributed by atoms with E-state index in [4.69, 9.17) is 20.6 Å². The zero-order valence-electron chi connectivity index (χ0n) is 8.87. The van der Waals surface area contributed by atoms with E-state index in [2.05, 4.69) is 0 Å². The van der Waals surface area contributed by atoms with Crippen LogP contribution in [-0.4, -0.2) is 13.0 Å². The SMILES string of the molecule is COc1ccc(COC(=N)/C(I)=C\N)cc1. The molecule has 0 atom stereocenters. The van der Waals surface area contributed by atoms with Crippen molar-refractivity contribution < 1.29 is 9.47 Å². The van der Waals surface area contributed by atoms with Crippen molar-refractivity contribution in [2.75, 3.05) is 7.11 Å². The number of halogens is 1. The van der Waals surface area contributed by atoms with Crippen molar-refractivity contribution in [3.05, 3.63) is 39.6 Å². The minimum Gasteiger partial charge on any atom is -0.497 e. The summed E-state index contributed by atoms with van der Waals surface area (Å²) in [4.78, 5) is 0. The molecule has 0 aliphatic rings. The van der Waals surface area contributed by atoms with E-state index in [9.17, 15) is 0 Å². The summed E-state index contributed by atoms with van der Waals surface area (Å²) in [7, 11) is 1.62. The normalized spacial score (nSPS) is 11.0. The summed E-state index contributed by atoms with van der Waals surface area (Å²) in [6, 6.07) is 7.49. The van der Waals surface area contributed by atoms with Crippen LogP contribution < -0.4 is 10.5 Å². The van der Waals surface area contributed by atoms with Crippen LogP contribution in [-0.2, 0) is 11.3 Å². The third-order valence-corrected chi connectivity index (χ3v) is 2.75. The van der Waals surface area contributed by atoms with Gasteiger partial charge in [-0.15, -0.1) is 0 Å². The van der Waals surface area contributed by atoms with Gasteiger partial charge in [0.15, 0.2) is 0 Å². The average molecular weight is 332 g/mol. The smallest absolute Gasteiger partial charge is 0.221 e. The molecule has 4 nitrogen and oxygen atoms in total. The van der Waals surface area contributed by atoms with Crippen LogP contribution in [0.1, 0.15) is 5.56 Å². The number of hydrogen-bond donors (Lipinski definition) is 2. The van der Waals surface area contributed by atoms with E-state index in [1.165, 1.54) is 6.20 Å². The van der Waals surface area contributed by atoms with E-state index in [0.29, 0.717) is 10.2 Å². The molecule has 0 saturated carbocycles. The van der Waals surface area contributed by atoms with Crippen molar-refractivity contribution >= 4 is 28.5 Å². The maximum Gasteiger partial charge on any atom is 0.221 e. The Hall–Kier alpha value is -1.24. The van der Waals surface area contributed by atoms with Crippen LogP contribution in [0.4, 0.5) is 0 Å². The molecule has 0 heterocycles. The Bertz CT molecular complexity index is 387. The highest BCUT2D eigenvalue weighted by Crippen LogP contribution is 2.13. The third kappa shape index (κ3) is 3.73. The van der Waals surface area contributed by atoms with Gasteiger partial charge in [0.05, 0.1) is 10.7 Å². The standard InChI is InChI=1S/C11H13IN2O2/c1-15-9-4-2-8(3-5-9)7-16-11(14)10(12)6-13/h2-6,14H,7,13H2,1H3/b10-6+,14-11?. The molecule has 0 radical (unpaired) electrons. The van der Waals surface area contributed by atoms with Gasteiger partial charge in [0, 0.05) is 6.20 Å². The average Bonchev–Trinajstić information content (AvgIpc) is 2.35. The molecule has 0 bridgehead atoms. The highest BCUT2D eigenvalue weighted by Gasteiger charge is 2.02. The molecule has 0 aromatic heterocycles. The van der Waals surface area contributed by atoms with Crippen LogP contribution in [0.2, 0.25) is 0 Å². The Labute approximate surface area is 108 Å². The number of nitrogens with two attached hydrogens (primary N) is 1. The first-order chi connectivity index (χ1) is 7.67. The molecular formula is C11H13IN2O2. The Morgan fingerprint density at radius 3 is 2.56 bits per heavy atom. The maximum atomic E-state index is 7.52. The molecule has 1 aromatic rings. The fraction of sp³-hybridized carbons (Fsp3) is 0.182.